The Balaban J connectivity index is 0.00000341. The van der Waals surface area contributed by atoms with Crippen molar-refractivity contribution in [2.24, 2.45) is 4.99 Å². The van der Waals surface area contributed by atoms with Gasteiger partial charge in [-0.2, -0.15) is 0 Å². The van der Waals surface area contributed by atoms with Crippen LogP contribution in [0, 0.1) is 0 Å². The summed E-state index contributed by atoms with van der Waals surface area (Å²) in [6, 6.07) is 8.67. The lowest BCUT2D eigenvalue weighted by molar-refractivity contribution is -0.135. The van der Waals surface area contributed by atoms with E-state index in [0.29, 0.717) is 5.91 Å². The summed E-state index contributed by atoms with van der Waals surface area (Å²) in [5.41, 5.74) is 2.58. The van der Waals surface area contributed by atoms with Gasteiger partial charge in [-0.1, -0.05) is 24.3 Å². The van der Waals surface area contributed by atoms with E-state index in [2.05, 4.69) is 70.3 Å². The van der Waals surface area contributed by atoms with Crippen LogP contribution in [-0.4, -0.2) is 97.9 Å². The molecule has 0 aliphatic carbocycles. The number of hydrogen-bond acceptors (Lipinski definition) is 4. The minimum Gasteiger partial charge on any atom is -0.352 e. The fourth-order valence-electron chi connectivity index (χ4n) is 4.40. The lowest BCUT2D eigenvalue weighted by Crippen LogP contribution is -2.57. The van der Waals surface area contributed by atoms with Crippen LogP contribution >= 0.6 is 24.0 Å². The van der Waals surface area contributed by atoms with E-state index >= 15 is 0 Å². The Morgan fingerprint density at radius 1 is 1.06 bits per heavy atom. The van der Waals surface area contributed by atoms with Gasteiger partial charge in [0.2, 0.25) is 5.91 Å². The largest absolute Gasteiger partial charge is 0.352 e. The molecule has 2 aliphatic rings. The lowest BCUT2D eigenvalue weighted by Gasteiger charge is -2.39. The highest BCUT2D eigenvalue weighted by Crippen LogP contribution is 2.14. The molecule has 0 spiro atoms. The number of halogens is 1. The molecule has 1 N–H and O–H groups in total. The van der Waals surface area contributed by atoms with Gasteiger partial charge in [0.1, 0.15) is 0 Å². The van der Waals surface area contributed by atoms with E-state index < -0.39 is 0 Å². The molecule has 2 fully saturated rings. The zero-order valence-electron chi connectivity index (χ0n) is 19.5. The minimum atomic E-state index is -0.0281. The van der Waals surface area contributed by atoms with E-state index in [-0.39, 0.29) is 30.0 Å². The summed E-state index contributed by atoms with van der Waals surface area (Å²) in [5, 5.41) is 3.52. The molecule has 1 aromatic rings. The van der Waals surface area contributed by atoms with Gasteiger partial charge in [0.25, 0.3) is 0 Å². The van der Waals surface area contributed by atoms with Gasteiger partial charge in [-0.15, -0.1) is 24.0 Å². The number of amides is 1. The molecule has 1 atom stereocenters. The van der Waals surface area contributed by atoms with Crippen LogP contribution in [0.25, 0.3) is 0 Å². The van der Waals surface area contributed by atoms with Crippen LogP contribution in [0.4, 0.5) is 0 Å². The first-order valence-electron chi connectivity index (χ1n) is 11.2. The molecule has 0 saturated carbocycles. The Morgan fingerprint density at radius 3 is 2.32 bits per heavy atom. The second-order valence-electron chi connectivity index (χ2n) is 8.69. The maximum atomic E-state index is 12.7. The molecule has 0 radical (unpaired) electrons. The summed E-state index contributed by atoms with van der Waals surface area (Å²) in [7, 11) is 6.02. The Labute approximate surface area is 204 Å². The number of aliphatic imine (C=N–C) groups is 1. The predicted molar refractivity (Wildman–Crippen MR) is 138 cm³/mol. The van der Waals surface area contributed by atoms with Gasteiger partial charge in [-0.3, -0.25) is 14.7 Å². The summed E-state index contributed by atoms with van der Waals surface area (Å²) in [6.45, 7) is 9.17. The number of carbonyl (C=O) groups is 1. The fraction of sp³-hybridized carbons (Fsp3) is 0.652. The first kappa shape index (κ1) is 25.9. The lowest BCUT2D eigenvalue weighted by atomic mass is 10.1. The van der Waals surface area contributed by atoms with Crippen molar-refractivity contribution in [1.82, 2.24) is 24.9 Å². The number of piperazine rings is 1. The Morgan fingerprint density at radius 2 is 1.71 bits per heavy atom. The van der Waals surface area contributed by atoms with Crippen molar-refractivity contribution in [2.75, 3.05) is 60.4 Å². The molecule has 174 valence electrons. The van der Waals surface area contributed by atoms with E-state index in [0.717, 1.165) is 71.2 Å². The molecule has 2 aliphatic heterocycles. The van der Waals surface area contributed by atoms with Gasteiger partial charge in [0.15, 0.2) is 5.96 Å². The van der Waals surface area contributed by atoms with Crippen LogP contribution < -0.4 is 5.32 Å². The number of guanidine groups is 1. The summed E-state index contributed by atoms with van der Waals surface area (Å²) in [5.74, 6) is 1.23. The van der Waals surface area contributed by atoms with Crippen LogP contribution in [0.15, 0.2) is 29.3 Å². The first-order valence-corrected chi connectivity index (χ1v) is 11.2. The van der Waals surface area contributed by atoms with E-state index in [9.17, 15) is 4.79 Å². The fourth-order valence-corrected chi connectivity index (χ4v) is 4.40. The molecule has 3 rings (SSSR count). The van der Waals surface area contributed by atoms with Crippen LogP contribution in [0.1, 0.15) is 30.9 Å². The number of nitrogens with zero attached hydrogens (tertiary/aromatic N) is 5. The summed E-state index contributed by atoms with van der Waals surface area (Å²) < 4.78 is 0. The van der Waals surface area contributed by atoms with E-state index in [1.54, 1.807) is 0 Å². The van der Waals surface area contributed by atoms with Crippen molar-refractivity contribution in [1.29, 1.82) is 0 Å². The number of likely N-dealkylation sites (tertiary alicyclic amines) is 1. The van der Waals surface area contributed by atoms with Gasteiger partial charge in [0.05, 0.1) is 6.04 Å². The highest BCUT2D eigenvalue weighted by molar-refractivity contribution is 14.0. The van der Waals surface area contributed by atoms with Gasteiger partial charge in [-0.25, -0.2) is 0 Å². The molecular formula is C23H39IN6O. The molecular weight excluding hydrogens is 503 g/mol. The smallest absolute Gasteiger partial charge is 0.239 e. The highest BCUT2D eigenvalue weighted by Gasteiger charge is 2.30. The number of benzene rings is 1. The third-order valence-corrected chi connectivity index (χ3v) is 6.09. The number of nitrogens with one attached hydrogen (secondary N) is 1. The minimum absolute atomic E-state index is 0. The second-order valence-corrected chi connectivity index (χ2v) is 8.69. The Hall–Kier alpha value is -1.39. The summed E-state index contributed by atoms with van der Waals surface area (Å²) >= 11 is 0. The average molecular weight is 543 g/mol. The molecule has 1 amide bonds. The summed E-state index contributed by atoms with van der Waals surface area (Å²) in [4.78, 5) is 26.0. The van der Waals surface area contributed by atoms with Crippen LogP contribution in [-0.2, 0) is 17.9 Å². The molecule has 1 aromatic carbocycles. The van der Waals surface area contributed by atoms with Crippen LogP contribution in [0.3, 0.4) is 0 Å². The molecule has 1 unspecified atom stereocenters. The zero-order chi connectivity index (χ0) is 21.5. The van der Waals surface area contributed by atoms with Gasteiger partial charge in [-0.05, 0) is 45.0 Å². The van der Waals surface area contributed by atoms with Crippen molar-refractivity contribution in [3.05, 3.63) is 35.4 Å². The molecule has 0 bridgehead atoms. The SMILES string of the molecule is CN=C(NCc1cccc(CN(C)C)c1)N1CCN(C(C)C(=O)N2CCCC2)CC1.I. The normalized spacial score (nSPS) is 18.8. The third-order valence-electron chi connectivity index (χ3n) is 6.09. The Bertz CT molecular complexity index is 727. The molecule has 2 saturated heterocycles. The predicted octanol–water partition coefficient (Wildman–Crippen LogP) is 2.07. The van der Waals surface area contributed by atoms with Gasteiger partial charge < -0.3 is 20.0 Å². The van der Waals surface area contributed by atoms with Gasteiger partial charge >= 0.3 is 0 Å². The number of rotatable bonds is 6. The van der Waals surface area contributed by atoms with Crippen molar-refractivity contribution in [3.8, 4) is 0 Å². The monoisotopic (exact) mass is 542 g/mol. The van der Waals surface area contributed by atoms with Crippen LogP contribution in [0.2, 0.25) is 0 Å². The molecule has 2 heterocycles. The van der Waals surface area contributed by atoms with Gasteiger partial charge in [0, 0.05) is 59.4 Å². The topological polar surface area (TPSA) is 54.4 Å². The second kappa shape index (κ2) is 12.6. The molecule has 31 heavy (non-hydrogen) atoms. The van der Waals surface area contributed by atoms with E-state index in [1.165, 1.54) is 11.1 Å². The van der Waals surface area contributed by atoms with E-state index in [4.69, 9.17) is 0 Å². The molecule has 0 aromatic heterocycles. The maximum Gasteiger partial charge on any atom is 0.239 e. The molecule has 8 heteroatoms. The summed E-state index contributed by atoms with van der Waals surface area (Å²) in [6.07, 6.45) is 2.29. The standard InChI is InChI=1S/C23H38N6O.HI/c1-19(22(30)28-10-5-6-11-28)27-12-14-29(15-13-27)23(24-2)25-17-20-8-7-9-21(16-20)18-26(3)4;/h7-9,16,19H,5-6,10-15,17-18H2,1-4H3,(H,24,25);1H. The first-order chi connectivity index (χ1) is 14.5. The molecule has 7 nitrogen and oxygen atoms in total. The third kappa shape index (κ3) is 7.32. The van der Waals surface area contributed by atoms with E-state index in [1.807, 2.05) is 11.9 Å². The van der Waals surface area contributed by atoms with Crippen molar-refractivity contribution < 1.29 is 4.79 Å². The van der Waals surface area contributed by atoms with Crippen molar-refractivity contribution in [2.45, 2.75) is 38.9 Å². The highest BCUT2D eigenvalue weighted by atomic mass is 127. The number of hydrogen-bond donors (Lipinski definition) is 1. The van der Waals surface area contributed by atoms with Crippen molar-refractivity contribution in [3.63, 3.8) is 0 Å². The zero-order valence-corrected chi connectivity index (χ0v) is 21.8. The van der Waals surface area contributed by atoms with Crippen LogP contribution in [0.5, 0.6) is 0 Å². The van der Waals surface area contributed by atoms with Crippen molar-refractivity contribution >= 4 is 35.8 Å². The average Bonchev–Trinajstić information content (AvgIpc) is 3.28. The maximum absolute atomic E-state index is 12.7. The Kier molecular flexibility index (Phi) is 10.5. The quantitative estimate of drug-likeness (QED) is 0.339. The number of carbonyl (C=O) groups excluding carboxylic acids is 1.